The maximum atomic E-state index is 7.50. The molecule has 0 saturated carbocycles. The van der Waals surface area contributed by atoms with Crippen LogP contribution in [0.3, 0.4) is 0 Å². The normalized spacial score (nSPS) is 17.5. The van der Waals surface area contributed by atoms with Crippen molar-refractivity contribution in [3.8, 4) is 0 Å². The molecule has 2 nitrogen and oxygen atoms in total. The molecule has 0 saturated heterocycles. The predicted molar refractivity (Wildman–Crippen MR) is 94.9 cm³/mol. The Morgan fingerprint density at radius 1 is 0.727 bits per heavy atom. The van der Waals surface area contributed by atoms with Crippen LogP contribution in [0.4, 0.5) is 0 Å². The van der Waals surface area contributed by atoms with Gasteiger partial charge >= 0.3 is 22.6 Å². The molecule has 118 valence electrons. The molecule has 0 aromatic carbocycles. The Balaban J connectivity index is -0.000000336. The second-order valence-corrected chi connectivity index (χ2v) is 15.5. The van der Waals surface area contributed by atoms with Gasteiger partial charge in [0.15, 0.2) is 0 Å². The van der Waals surface area contributed by atoms with Crippen LogP contribution in [0.5, 0.6) is 0 Å². The summed E-state index contributed by atoms with van der Waals surface area (Å²) in [5.41, 5.74) is 2.00. The van der Waals surface area contributed by atoms with Gasteiger partial charge in [0.1, 0.15) is 0 Å². The fourth-order valence-corrected chi connectivity index (χ4v) is 4.62. The van der Waals surface area contributed by atoms with E-state index >= 15 is 0 Å². The van der Waals surface area contributed by atoms with E-state index in [1.165, 1.54) is 11.5 Å². The van der Waals surface area contributed by atoms with Crippen molar-refractivity contribution in [2.75, 3.05) is 0 Å². The molecular formula is C15H21O2P4Ta. The Hall–Kier alpha value is 0.900. The maximum Gasteiger partial charge on any atom is 0 e. The Bertz CT molecular complexity index is 439. The fraction of sp³-hybridized carbons (Fsp3) is 0.533. The molecule has 0 aromatic rings. The van der Waals surface area contributed by atoms with Crippen LogP contribution >= 0.6 is 30.2 Å². The molecule has 2 rings (SSSR count). The van der Waals surface area contributed by atoms with E-state index in [1.54, 1.807) is 30.2 Å². The minimum Gasteiger partial charge on any atom is 0 e. The van der Waals surface area contributed by atoms with Gasteiger partial charge in [0.25, 0.3) is 0 Å². The van der Waals surface area contributed by atoms with Gasteiger partial charge in [0, 0.05) is 58.5 Å². The molecule has 0 bridgehead atoms. The molecule has 2 aliphatic rings. The van der Waals surface area contributed by atoms with Crippen LogP contribution in [-0.4, -0.2) is 0 Å². The summed E-state index contributed by atoms with van der Waals surface area (Å²) >= 11 is 0. The van der Waals surface area contributed by atoms with E-state index in [-0.39, 0.29) is 33.2 Å². The van der Waals surface area contributed by atoms with Crippen LogP contribution in [0.2, 0.25) is 0 Å². The average molecular weight is 538 g/mol. The van der Waals surface area contributed by atoms with Crippen LogP contribution < -0.4 is 0 Å². The van der Waals surface area contributed by atoms with Crippen molar-refractivity contribution in [2.45, 2.75) is 41.5 Å². The van der Waals surface area contributed by atoms with Gasteiger partial charge in [-0.3, -0.25) is 0 Å². The van der Waals surface area contributed by atoms with Gasteiger partial charge in [0.05, 0.1) is 0 Å². The van der Waals surface area contributed by atoms with Crippen molar-refractivity contribution in [3.63, 3.8) is 0 Å². The Morgan fingerprint density at radius 2 is 1.09 bits per heavy atom. The molecule has 0 fully saturated rings. The smallest absolute Gasteiger partial charge is 0 e. The van der Waals surface area contributed by atoms with Crippen molar-refractivity contribution in [1.29, 1.82) is 0 Å². The van der Waals surface area contributed by atoms with Crippen LogP contribution in [0.25, 0.3) is 0 Å². The average Bonchev–Trinajstić information content (AvgIpc) is 2.80. The van der Waals surface area contributed by atoms with Gasteiger partial charge in [-0.2, -0.15) is 0 Å². The molecule has 0 atom stereocenters. The zero-order chi connectivity index (χ0) is 17.1. The summed E-state index contributed by atoms with van der Waals surface area (Å²) < 4.78 is 15.0. The summed E-state index contributed by atoms with van der Waals surface area (Å²) in [6.07, 6.45) is 6.83. The van der Waals surface area contributed by atoms with Crippen molar-refractivity contribution in [2.24, 2.45) is 10.8 Å². The quantitative estimate of drug-likeness (QED) is 0.174. The Kier molecular flexibility index (Phi) is 18.0. The summed E-state index contributed by atoms with van der Waals surface area (Å²) in [5.74, 6) is 1.44. The molecule has 1 aliphatic heterocycles. The number of rotatable bonds is 0. The predicted octanol–water partition coefficient (Wildman–Crippen LogP) is 7.52. The molecule has 0 aromatic heterocycles. The van der Waals surface area contributed by atoms with E-state index in [0.29, 0.717) is 0 Å². The second kappa shape index (κ2) is 14.3. The van der Waals surface area contributed by atoms with Gasteiger partial charge in [-0.05, 0) is 16.4 Å². The molecule has 22 heavy (non-hydrogen) atoms. The standard InChI is InChI=1S/C13H21.2CO.P4.Ta/c1-12(2,3)10-7-8-11(9-10)13(4,5)6;2*1-2;1-2-4-3-1;/h7-9H,1-6H3;;;;. The first-order chi connectivity index (χ1) is 9.71. The molecule has 0 spiro atoms. The van der Waals surface area contributed by atoms with Crippen LogP contribution in [0.15, 0.2) is 23.8 Å². The second-order valence-electron chi connectivity index (χ2n) is 6.25. The number of hydrogen-bond acceptors (Lipinski definition) is 0. The van der Waals surface area contributed by atoms with Gasteiger partial charge in [-0.1, -0.05) is 59.8 Å². The zero-order valence-electron chi connectivity index (χ0n) is 13.8. The van der Waals surface area contributed by atoms with Gasteiger partial charge in [0.2, 0.25) is 0 Å². The molecule has 0 amide bonds. The van der Waals surface area contributed by atoms with E-state index in [4.69, 9.17) is 9.30 Å². The largest absolute Gasteiger partial charge is 0 e. The third-order valence-corrected chi connectivity index (χ3v) is 15.4. The van der Waals surface area contributed by atoms with Crippen molar-refractivity contribution >= 4 is 30.2 Å². The molecule has 7 heteroatoms. The van der Waals surface area contributed by atoms with Crippen LogP contribution in [0, 0.1) is 30.0 Å². The van der Waals surface area contributed by atoms with E-state index in [2.05, 4.69) is 73.1 Å². The minimum atomic E-state index is 0. The summed E-state index contributed by atoms with van der Waals surface area (Å²) in [5, 5.41) is 0. The van der Waals surface area contributed by atoms with Gasteiger partial charge in [-0.25, -0.2) is 0 Å². The van der Waals surface area contributed by atoms with Gasteiger partial charge < -0.3 is 0 Å². The minimum absolute atomic E-state index is 0. The molecule has 1 heterocycles. The first-order valence-electron chi connectivity index (χ1n) is 6.20. The SMILES string of the molecule is CC(C)(C)[C]1C=CC(C(C)(C)C)=C1.P1=PP=P1.[C-]#[O+].[C-]#[O+].[Ta]. The molecule has 0 N–H and O–H groups in total. The van der Waals surface area contributed by atoms with E-state index < -0.39 is 0 Å². The monoisotopic (exact) mass is 538 g/mol. The molecule has 1 aliphatic carbocycles. The zero-order valence-corrected chi connectivity index (χ0v) is 20.6. The fourth-order valence-electron chi connectivity index (χ4n) is 1.42. The molecule has 0 unspecified atom stereocenters. The van der Waals surface area contributed by atoms with E-state index in [9.17, 15) is 0 Å². The van der Waals surface area contributed by atoms with Crippen molar-refractivity contribution in [1.82, 2.24) is 0 Å². The molecular weight excluding hydrogens is 517 g/mol. The maximum absolute atomic E-state index is 7.50. The number of allylic oxidation sites excluding steroid dienone is 4. The Morgan fingerprint density at radius 3 is 1.23 bits per heavy atom. The third-order valence-electron chi connectivity index (χ3n) is 2.65. The van der Waals surface area contributed by atoms with Crippen LogP contribution in [0.1, 0.15) is 41.5 Å². The van der Waals surface area contributed by atoms with E-state index in [1.807, 2.05) is 0 Å². The topological polar surface area (TPSA) is 39.8 Å². The summed E-state index contributed by atoms with van der Waals surface area (Å²) in [7, 11) is 6.44. The summed E-state index contributed by atoms with van der Waals surface area (Å²) in [6.45, 7) is 22.6. The van der Waals surface area contributed by atoms with Crippen molar-refractivity contribution < 1.29 is 31.7 Å². The summed E-state index contributed by atoms with van der Waals surface area (Å²) in [6, 6.07) is 0. The summed E-state index contributed by atoms with van der Waals surface area (Å²) in [4.78, 5) is 0. The first-order valence-corrected chi connectivity index (χ1v) is 12.6. The third kappa shape index (κ3) is 12.3. The number of hydrogen-bond donors (Lipinski definition) is 0. The van der Waals surface area contributed by atoms with Crippen molar-refractivity contribution in [3.05, 3.63) is 43.0 Å². The van der Waals surface area contributed by atoms with Gasteiger partial charge in [-0.15, -0.1) is 0 Å². The molecule has 2 radical (unpaired) electrons. The van der Waals surface area contributed by atoms with E-state index in [0.717, 1.165) is 0 Å². The van der Waals surface area contributed by atoms with Crippen LogP contribution in [-0.2, 0) is 31.7 Å². The first kappa shape index (κ1) is 27.7. The Labute approximate surface area is 157 Å².